The molecule has 1 aromatic carbocycles. The van der Waals surface area contributed by atoms with Crippen LogP contribution in [0.1, 0.15) is 31.7 Å². The van der Waals surface area contributed by atoms with Gasteiger partial charge in [0.15, 0.2) is 0 Å². The minimum atomic E-state index is -0.239. The third-order valence-corrected chi connectivity index (χ3v) is 4.24. The van der Waals surface area contributed by atoms with Gasteiger partial charge < -0.3 is 16.2 Å². The molecule has 0 aromatic heterocycles. The van der Waals surface area contributed by atoms with Crippen molar-refractivity contribution in [3.63, 3.8) is 0 Å². The minimum Gasteiger partial charge on any atom is -0.395 e. The van der Waals surface area contributed by atoms with E-state index in [9.17, 15) is 9.90 Å². The highest BCUT2D eigenvalue weighted by Gasteiger charge is 2.31. The molecule has 2 rings (SSSR count). The maximum absolute atomic E-state index is 12.4. The van der Waals surface area contributed by atoms with E-state index >= 15 is 0 Å². The van der Waals surface area contributed by atoms with Gasteiger partial charge in [-0.25, -0.2) is 0 Å². The summed E-state index contributed by atoms with van der Waals surface area (Å²) in [5.41, 5.74) is 7.38. The zero-order valence-electron chi connectivity index (χ0n) is 12.6. The van der Waals surface area contributed by atoms with E-state index in [2.05, 4.69) is 10.2 Å². The smallest absolute Gasteiger partial charge is 0.241 e. The van der Waals surface area contributed by atoms with E-state index in [1.165, 1.54) is 6.42 Å². The molecule has 0 saturated heterocycles. The van der Waals surface area contributed by atoms with E-state index in [0.717, 1.165) is 24.1 Å². The normalized spacial score (nSPS) is 16.6. The highest BCUT2D eigenvalue weighted by Crippen LogP contribution is 2.26. The fourth-order valence-electron chi connectivity index (χ4n) is 2.65. The molecule has 0 aliphatic heterocycles. The lowest BCUT2D eigenvalue weighted by Crippen LogP contribution is -2.51. The summed E-state index contributed by atoms with van der Waals surface area (Å²) in [7, 11) is 0. The molecule has 21 heavy (non-hydrogen) atoms. The third-order valence-electron chi connectivity index (χ3n) is 4.24. The molecule has 1 fully saturated rings. The zero-order chi connectivity index (χ0) is 15.2. The molecule has 1 unspecified atom stereocenters. The van der Waals surface area contributed by atoms with Crippen LogP contribution in [0.3, 0.4) is 0 Å². The summed E-state index contributed by atoms with van der Waals surface area (Å²) >= 11 is 0. The first-order chi connectivity index (χ1) is 10.2. The molecule has 0 heterocycles. The molecule has 0 radical (unpaired) electrons. The molecule has 1 aliphatic rings. The van der Waals surface area contributed by atoms with E-state index in [1.807, 2.05) is 31.2 Å². The largest absolute Gasteiger partial charge is 0.395 e. The average Bonchev–Trinajstić information content (AvgIpc) is 2.45. The van der Waals surface area contributed by atoms with Crippen LogP contribution in [-0.4, -0.2) is 41.1 Å². The van der Waals surface area contributed by atoms with Crippen LogP contribution in [0.15, 0.2) is 24.3 Å². The average molecular weight is 291 g/mol. The maximum Gasteiger partial charge on any atom is 0.241 e. The van der Waals surface area contributed by atoms with Gasteiger partial charge in [0.05, 0.1) is 12.6 Å². The predicted octanol–water partition coefficient (Wildman–Crippen LogP) is 1.32. The molecule has 5 nitrogen and oxygen atoms in total. The molecule has 0 spiro atoms. The second kappa shape index (κ2) is 7.54. The van der Waals surface area contributed by atoms with Crippen molar-refractivity contribution in [3.8, 4) is 0 Å². The van der Waals surface area contributed by atoms with Gasteiger partial charge in [0, 0.05) is 24.8 Å². The molecular formula is C16H25N3O2. The van der Waals surface area contributed by atoms with Crippen molar-refractivity contribution in [2.45, 2.75) is 44.8 Å². The van der Waals surface area contributed by atoms with Crippen molar-refractivity contribution in [2.24, 2.45) is 5.73 Å². The summed E-state index contributed by atoms with van der Waals surface area (Å²) in [6, 6.07) is 7.75. The summed E-state index contributed by atoms with van der Waals surface area (Å²) in [4.78, 5) is 14.5. The SMILES string of the molecule is CC(C(=O)Nc1ccc(CN)cc1)N(CCO)C1CCC1. The quantitative estimate of drug-likeness (QED) is 0.708. The highest BCUT2D eigenvalue weighted by atomic mass is 16.3. The van der Waals surface area contributed by atoms with Gasteiger partial charge in [-0.3, -0.25) is 9.69 Å². The molecular weight excluding hydrogens is 266 g/mol. The van der Waals surface area contributed by atoms with Crippen LogP contribution in [0.2, 0.25) is 0 Å². The van der Waals surface area contributed by atoms with E-state index in [1.54, 1.807) is 0 Å². The van der Waals surface area contributed by atoms with E-state index in [0.29, 0.717) is 19.1 Å². The Balaban J connectivity index is 1.96. The Kier molecular flexibility index (Phi) is 5.73. The van der Waals surface area contributed by atoms with Gasteiger partial charge in [-0.1, -0.05) is 18.6 Å². The molecule has 1 saturated carbocycles. The topological polar surface area (TPSA) is 78.6 Å². The van der Waals surface area contributed by atoms with Crippen LogP contribution in [-0.2, 0) is 11.3 Å². The van der Waals surface area contributed by atoms with E-state index in [4.69, 9.17) is 5.73 Å². The number of nitrogens with two attached hydrogens (primary N) is 1. The lowest BCUT2D eigenvalue weighted by atomic mass is 9.90. The number of rotatable bonds is 7. The fraction of sp³-hybridized carbons (Fsp3) is 0.562. The van der Waals surface area contributed by atoms with Crippen molar-refractivity contribution in [2.75, 3.05) is 18.5 Å². The number of hydrogen-bond acceptors (Lipinski definition) is 4. The van der Waals surface area contributed by atoms with Crippen LogP contribution >= 0.6 is 0 Å². The Hall–Kier alpha value is -1.43. The van der Waals surface area contributed by atoms with Crippen molar-refractivity contribution in [3.05, 3.63) is 29.8 Å². The number of carbonyl (C=O) groups is 1. The van der Waals surface area contributed by atoms with Crippen LogP contribution < -0.4 is 11.1 Å². The molecule has 4 N–H and O–H groups in total. The van der Waals surface area contributed by atoms with Gasteiger partial charge in [0.25, 0.3) is 0 Å². The number of carbonyl (C=O) groups excluding carboxylic acids is 1. The lowest BCUT2D eigenvalue weighted by molar-refractivity contribution is -0.122. The second-order valence-electron chi connectivity index (χ2n) is 5.61. The molecule has 116 valence electrons. The van der Waals surface area contributed by atoms with Gasteiger partial charge >= 0.3 is 0 Å². The number of nitrogens with zero attached hydrogens (tertiary/aromatic N) is 1. The number of benzene rings is 1. The second-order valence-corrected chi connectivity index (χ2v) is 5.61. The Morgan fingerprint density at radius 2 is 2.10 bits per heavy atom. The van der Waals surface area contributed by atoms with Crippen molar-refractivity contribution in [1.82, 2.24) is 4.90 Å². The van der Waals surface area contributed by atoms with Crippen LogP contribution in [0.5, 0.6) is 0 Å². The van der Waals surface area contributed by atoms with Crippen molar-refractivity contribution < 1.29 is 9.90 Å². The number of anilines is 1. The molecule has 0 bridgehead atoms. The molecule has 1 aromatic rings. The van der Waals surface area contributed by atoms with E-state index < -0.39 is 0 Å². The van der Waals surface area contributed by atoms with Gasteiger partial charge in [-0.15, -0.1) is 0 Å². The van der Waals surface area contributed by atoms with Crippen LogP contribution in [0.25, 0.3) is 0 Å². The third kappa shape index (κ3) is 4.03. The Morgan fingerprint density at radius 1 is 1.43 bits per heavy atom. The number of aliphatic hydroxyl groups excluding tert-OH is 1. The molecule has 1 aliphatic carbocycles. The summed E-state index contributed by atoms with van der Waals surface area (Å²) in [6.45, 7) is 3.03. The Morgan fingerprint density at radius 3 is 2.57 bits per heavy atom. The Bertz CT molecular complexity index is 457. The van der Waals surface area contributed by atoms with Crippen molar-refractivity contribution >= 4 is 11.6 Å². The van der Waals surface area contributed by atoms with Gasteiger partial charge in [0.1, 0.15) is 0 Å². The molecule has 1 amide bonds. The minimum absolute atomic E-state index is 0.0316. The first-order valence-corrected chi connectivity index (χ1v) is 7.62. The number of hydrogen-bond donors (Lipinski definition) is 3. The monoisotopic (exact) mass is 291 g/mol. The first-order valence-electron chi connectivity index (χ1n) is 7.62. The van der Waals surface area contributed by atoms with Crippen LogP contribution in [0.4, 0.5) is 5.69 Å². The van der Waals surface area contributed by atoms with Gasteiger partial charge in [-0.05, 0) is 37.5 Å². The highest BCUT2D eigenvalue weighted by molar-refractivity contribution is 5.94. The number of nitrogens with one attached hydrogen (secondary N) is 1. The summed E-state index contributed by atoms with van der Waals surface area (Å²) < 4.78 is 0. The molecule has 5 heteroatoms. The van der Waals surface area contributed by atoms with Crippen molar-refractivity contribution in [1.29, 1.82) is 0 Å². The Labute approximate surface area is 126 Å². The van der Waals surface area contributed by atoms with Gasteiger partial charge in [-0.2, -0.15) is 0 Å². The summed E-state index contributed by atoms with van der Waals surface area (Å²) in [5.74, 6) is -0.0316. The number of aliphatic hydroxyl groups is 1. The van der Waals surface area contributed by atoms with Crippen LogP contribution in [0, 0.1) is 0 Å². The predicted molar refractivity (Wildman–Crippen MR) is 83.9 cm³/mol. The summed E-state index contributed by atoms with van der Waals surface area (Å²) in [5, 5.41) is 12.1. The maximum atomic E-state index is 12.4. The lowest BCUT2D eigenvalue weighted by Gasteiger charge is -2.40. The zero-order valence-corrected chi connectivity index (χ0v) is 12.6. The van der Waals surface area contributed by atoms with Gasteiger partial charge in [0.2, 0.25) is 5.91 Å². The first kappa shape index (κ1) is 15.9. The molecule has 1 atom stereocenters. The summed E-state index contributed by atoms with van der Waals surface area (Å²) in [6.07, 6.45) is 3.44. The standard InChI is InChI=1S/C16H25N3O2/c1-12(19(9-10-20)15-3-2-4-15)16(21)18-14-7-5-13(11-17)6-8-14/h5-8,12,15,20H,2-4,9-11,17H2,1H3,(H,18,21). The number of amides is 1. The van der Waals surface area contributed by atoms with E-state index in [-0.39, 0.29) is 18.6 Å². The fourth-order valence-corrected chi connectivity index (χ4v) is 2.65.